The Morgan fingerprint density at radius 3 is 2.20 bits per heavy atom. The van der Waals surface area contributed by atoms with Gasteiger partial charge >= 0.3 is 0 Å². The Labute approximate surface area is 147 Å². The van der Waals surface area contributed by atoms with Crippen molar-refractivity contribution in [1.82, 2.24) is 9.97 Å². The molecule has 5 heteroatoms. The van der Waals surface area contributed by atoms with Crippen molar-refractivity contribution in [3.8, 4) is 0 Å². The van der Waals surface area contributed by atoms with E-state index in [1.165, 1.54) is 0 Å². The first-order valence-corrected chi connectivity index (χ1v) is 8.06. The van der Waals surface area contributed by atoms with Gasteiger partial charge in [-0.1, -0.05) is 30.3 Å². The fourth-order valence-corrected chi connectivity index (χ4v) is 2.63. The second-order valence-corrected chi connectivity index (χ2v) is 5.84. The third-order valence-corrected chi connectivity index (χ3v) is 3.83. The van der Waals surface area contributed by atoms with Crippen molar-refractivity contribution in [2.75, 3.05) is 17.3 Å². The van der Waals surface area contributed by atoms with Crippen LogP contribution in [0.1, 0.15) is 21.7 Å². The first-order chi connectivity index (χ1) is 12.0. The van der Waals surface area contributed by atoms with Crippen LogP contribution < -0.4 is 10.2 Å². The summed E-state index contributed by atoms with van der Waals surface area (Å²) in [5, 5.41) is 3.17. The lowest BCUT2D eigenvalue weighted by Crippen LogP contribution is -2.26. The Hall–Kier alpha value is -3.21. The molecule has 1 aromatic heterocycles. The summed E-state index contributed by atoms with van der Waals surface area (Å²) in [6.45, 7) is 3.83. The molecule has 5 nitrogen and oxygen atoms in total. The van der Waals surface area contributed by atoms with E-state index in [0.717, 1.165) is 17.1 Å². The van der Waals surface area contributed by atoms with Crippen LogP contribution in [0.15, 0.2) is 60.7 Å². The highest BCUT2D eigenvalue weighted by Gasteiger charge is 2.17. The molecule has 126 valence electrons. The number of benzene rings is 2. The van der Waals surface area contributed by atoms with Gasteiger partial charge in [0.1, 0.15) is 0 Å². The lowest BCUT2D eigenvalue weighted by atomic mass is 10.1. The Kier molecular flexibility index (Phi) is 4.75. The standard InChI is InChI=1S/C20H20N4O/c1-14-13-15(2)22-20(21-14)23-18-12-8-7-11-17(18)19(25)24(3)16-9-5-4-6-10-16/h4-13H,1-3H3,(H,21,22,23). The summed E-state index contributed by atoms with van der Waals surface area (Å²) in [5.41, 5.74) is 3.84. The Bertz CT molecular complexity index is 873. The van der Waals surface area contributed by atoms with Gasteiger partial charge < -0.3 is 10.2 Å². The Balaban J connectivity index is 1.91. The SMILES string of the molecule is Cc1cc(C)nc(Nc2ccccc2C(=O)N(C)c2ccccc2)n1. The van der Waals surface area contributed by atoms with Crippen molar-refractivity contribution < 1.29 is 4.79 Å². The minimum Gasteiger partial charge on any atom is -0.323 e. The van der Waals surface area contributed by atoms with Crippen molar-refractivity contribution in [1.29, 1.82) is 0 Å². The van der Waals surface area contributed by atoms with Crippen LogP contribution >= 0.6 is 0 Å². The van der Waals surface area contributed by atoms with E-state index in [1.54, 1.807) is 18.0 Å². The highest BCUT2D eigenvalue weighted by atomic mass is 16.2. The normalized spacial score (nSPS) is 10.4. The summed E-state index contributed by atoms with van der Waals surface area (Å²) < 4.78 is 0. The zero-order valence-electron chi connectivity index (χ0n) is 14.5. The van der Waals surface area contributed by atoms with Crippen LogP contribution in [0.5, 0.6) is 0 Å². The third kappa shape index (κ3) is 3.83. The topological polar surface area (TPSA) is 58.1 Å². The quantitative estimate of drug-likeness (QED) is 0.781. The molecule has 0 bridgehead atoms. The van der Waals surface area contributed by atoms with Gasteiger partial charge in [-0.3, -0.25) is 4.79 Å². The largest absolute Gasteiger partial charge is 0.323 e. The molecule has 0 radical (unpaired) electrons. The molecule has 0 unspecified atom stereocenters. The van der Waals surface area contributed by atoms with E-state index in [9.17, 15) is 4.79 Å². The molecule has 1 heterocycles. The fourth-order valence-electron chi connectivity index (χ4n) is 2.63. The number of anilines is 3. The molecule has 25 heavy (non-hydrogen) atoms. The molecule has 0 saturated carbocycles. The molecule has 1 N–H and O–H groups in total. The predicted molar refractivity (Wildman–Crippen MR) is 100 cm³/mol. The number of hydrogen-bond acceptors (Lipinski definition) is 4. The molecule has 0 fully saturated rings. The summed E-state index contributed by atoms with van der Waals surface area (Å²) >= 11 is 0. The van der Waals surface area contributed by atoms with Crippen molar-refractivity contribution in [3.63, 3.8) is 0 Å². The van der Waals surface area contributed by atoms with Gasteiger partial charge in [-0.15, -0.1) is 0 Å². The van der Waals surface area contributed by atoms with Crippen LogP contribution in [-0.4, -0.2) is 22.9 Å². The summed E-state index contributed by atoms with van der Waals surface area (Å²) in [6, 6.07) is 18.8. The average Bonchev–Trinajstić information content (AvgIpc) is 2.61. The molecular weight excluding hydrogens is 312 g/mol. The van der Waals surface area contributed by atoms with Gasteiger partial charge in [0.2, 0.25) is 5.95 Å². The minimum atomic E-state index is -0.0984. The highest BCUT2D eigenvalue weighted by Crippen LogP contribution is 2.23. The molecule has 2 aromatic carbocycles. The van der Waals surface area contributed by atoms with Gasteiger partial charge in [0.05, 0.1) is 11.3 Å². The van der Waals surface area contributed by atoms with E-state index in [-0.39, 0.29) is 5.91 Å². The molecule has 0 saturated heterocycles. The van der Waals surface area contributed by atoms with Crippen LogP contribution in [0.3, 0.4) is 0 Å². The number of para-hydroxylation sites is 2. The second kappa shape index (κ2) is 7.13. The number of hydrogen-bond donors (Lipinski definition) is 1. The first-order valence-electron chi connectivity index (χ1n) is 8.06. The molecule has 0 aliphatic carbocycles. The Morgan fingerprint density at radius 1 is 0.920 bits per heavy atom. The second-order valence-electron chi connectivity index (χ2n) is 5.84. The maximum atomic E-state index is 12.9. The summed E-state index contributed by atoms with van der Waals surface area (Å²) in [5.74, 6) is 0.388. The molecule has 0 spiro atoms. The van der Waals surface area contributed by atoms with Crippen molar-refractivity contribution in [3.05, 3.63) is 77.6 Å². The number of amides is 1. The van der Waals surface area contributed by atoms with Crippen molar-refractivity contribution >= 4 is 23.2 Å². The van der Waals surface area contributed by atoms with Gasteiger partial charge in [0, 0.05) is 24.1 Å². The van der Waals surface area contributed by atoms with Gasteiger partial charge in [-0.05, 0) is 44.2 Å². The van der Waals surface area contributed by atoms with Gasteiger partial charge in [-0.2, -0.15) is 0 Å². The number of carbonyl (C=O) groups is 1. The van der Waals surface area contributed by atoms with E-state index in [0.29, 0.717) is 17.2 Å². The molecule has 0 aliphatic rings. The van der Waals surface area contributed by atoms with Crippen LogP contribution in [0.2, 0.25) is 0 Å². The maximum Gasteiger partial charge on any atom is 0.260 e. The minimum absolute atomic E-state index is 0.0984. The zero-order valence-corrected chi connectivity index (χ0v) is 14.5. The van der Waals surface area contributed by atoms with Crippen LogP contribution in [0.25, 0.3) is 0 Å². The van der Waals surface area contributed by atoms with E-state index >= 15 is 0 Å². The van der Waals surface area contributed by atoms with Crippen LogP contribution in [0, 0.1) is 13.8 Å². The maximum absolute atomic E-state index is 12.9. The van der Waals surface area contributed by atoms with Crippen LogP contribution in [-0.2, 0) is 0 Å². The highest BCUT2D eigenvalue weighted by molar-refractivity contribution is 6.09. The zero-order chi connectivity index (χ0) is 17.8. The van der Waals surface area contributed by atoms with Crippen molar-refractivity contribution in [2.45, 2.75) is 13.8 Å². The van der Waals surface area contributed by atoms with Crippen LogP contribution in [0.4, 0.5) is 17.3 Å². The number of carbonyl (C=O) groups excluding carboxylic acids is 1. The first kappa shape index (κ1) is 16.6. The molecular formula is C20H20N4O. The van der Waals surface area contributed by atoms with Gasteiger partial charge in [-0.25, -0.2) is 9.97 Å². The van der Waals surface area contributed by atoms with E-state index in [1.807, 2.05) is 68.4 Å². The van der Waals surface area contributed by atoms with Gasteiger partial charge in [0.25, 0.3) is 5.91 Å². The van der Waals surface area contributed by atoms with Gasteiger partial charge in [0.15, 0.2) is 0 Å². The summed E-state index contributed by atoms with van der Waals surface area (Å²) in [4.78, 5) is 23.3. The van der Waals surface area contributed by atoms with Crippen molar-refractivity contribution in [2.24, 2.45) is 0 Å². The molecule has 0 atom stereocenters. The molecule has 3 aromatic rings. The number of nitrogens with one attached hydrogen (secondary N) is 1. The predicted octanol–water partition coefficient (Wildman–Crippen LogP) is 4.11. The Morgan fingerprint density at radius 2 is 1.52 bits per heavy atom. The number of nitrogens with zero attached hydrogens (tertiary/aromatic N) is 3. The number of aryl methyl sites for hydroxylation is 2. The molecule has 1 amide bonds. The third-order valence-electron chi connectivity index (χ3n) is 3.83. The summed E-state index contributed by atoms with van der Waals surface area (Å²) in [6.07, 6.45) is 0. The molecule has 0 aliphatic heterocycles. The average molecular weight is 332 g/mol. The summed E-state index contributed by atoms with van der Waals surface area (Å²) in [7, 11) is 1.77. The smallest absolute Gasteiger partial charge is 0.260 e. The lowest BCUT2D eigenvalue weighted by Gasteiger charge is -2.19. The van der Waals surface area contributed by atoms with E-state index in [2.05, 4.69) is 15.3 Å². The lowest BCUT2D eigenvalue weighted by molar-refractivity contribution is 0.0994. The molecule has 3 rings (SSSR count). The van der Waals surface area contributed by atoms with E-state index < -0.39 is 0 Å². The number of rotatable bonds is 4. The monoisotopic (exact) mass is 332 g/mol. The fraction of sp³-hybridized carbons (Fsp3) is 0.150. The number of aromatic nitrogens is 2. The van der Waals surface area contributed by atoms with E-state index in [4.69, 9.17) is 0 Å².